The zero-order chi connectivity index (χ0) is 17.2. The number of rotatable bonds is 2. The Hall–Kier alpha value is -1.77. The average molecular weight is 349 g/mol. The fourth-order valence-electron chi connectivity index (χ4n) is 4.11. The van der Waals surface area contributed by atoms with Crippen LogP contribution in [0.2, 0.25) is 0 Å². The van der Waals surface area contributed by atoms with E-state index in [9.17, 15) is 18.0 Å². The van der Waals surface area contributed by atoms with Gasteiger partial charge in [-0.25, -0.2) is 8.42 Å². The van der Waals surface area contributed by atoms with Gasteiger partial charge in [-0.2, -0.15) is 4.31 Å². The van der Waals surface area contributed by atoms with Crippen molar-refractivity contribution in [3.63, 3.8) is 0 Å². The molecule has 0 spiro atoms. The molecule has 2 N–H and O–H groups in total. The molecule has 3 unspecified atom stereocenters. The number of hydrogen-bond acceptors (Lipinski definition) is 5. The fraction of sp³-hybridized carbons (Fsp3) is 0.500. The molecule has 2 amide bonds. The van der Waals surface area contributed by atoms with E-state index in [1.165, 1.54) is 29.6 Å². The van der Waals surface area contributed by atoms with Crippen molar-refractivity contribution in [3.8, 4) is 0 Å². The number of carbonyl (C=O) groups is 2. The van der Waals surface area contributed by atoms with Gasteiger partial charge in [0.2, 0.25) is 10.0 Å². The van der Waals surface area contributed by atoms with E-state index in [0.29, 0.717) is 19.0 Å². The predicted molar refractivity (Wildman–Crippen MR) is 85.8 cm³/mol. The molecule has 128 valence electrons. The Labute approximate surface area is 140 Å². The largest absolute Gasteiger partial charge is 0.327 e. The first-order chi connectivity index (χ1) is 11.3. The van der Waals surface area contributed by atoms with Crippen LogP contribution in [0, 0.1) is 11.8 Å². The number of carbonyl (C=O) groups excluding carboxylic acids is 2. The van der Waals surface area contributed by atoms with Gasteiger partial charge in [-0.3, -0.25) is 14.5 Å². The van der Waals surface area contributed by atoms with Crippen LogP contribution >= 0.6 is 0 Å². The third kappa shape index (κ3) is 2.06. The number of nitrogens with zero attached hydrogens (tertiary/aromatic N) is 2. The lowest BCUT2D eigenvalue weighted by molar-refractivity contribution is 0.0693. The molecule has 2 heterocycles. The molecule has 0 radical (unpaired) electrons. The van der Waals surface area contributed by atoms with E-state index in [4.69, 9.17) is 5.73 Å². The highest BCUT2D eigenvalue weighted by atomic mass is 32.2. The van der Waals surface area contributed by atoms with Crippen LogP contribution in [0.15, 0.2) is 23.1 Å². The van der Waals surface area contributed by atoms with Gasteiger partial charge in [0.15, 0.2) is 0 Å². The first kappa shape index (κ1) is 15.7. The third-order valence-corrected chi connectivity index (χ3v) is 7.41. The molecule has 7 nitrogen and oxygen atoms in total. The predicted octanol–water partition coefficient (Wildman–Crippen LogP) is 0.270. The van der Waals surface area contributed by atoms with Gasteiger partial charge in [-0.05, 0) is 42.9 Å². The molecule has 1 aromatic carbocycles. The van der Waals surface area contributed by atoms with Crippen molar-refractivity contribution in [2.75, 3.05) is 20.1 Å². The highest BCUT2D eigenvalue weighted by Crippen LogP contribution is 2.39. The van der Waals surface area contributed by atoms with Crippen LogP contribution in [0.1, 0.15) is 33.6 Å². The summed E-state index contributed by atoms with van der Waals surface area (Å²) in [5.74, 6) is -0.338. The summed E-state index contributed by atoms with van der Waals surface area (Å²) < 4.78 is 27.3. The summed E-state index contributed by atoms with van der Waals surface area (Å²) in [5, 5.41) is 0. The van der Waals surface area contributed by atoms with E-state index in [1.807, 2.05) is 0 Å². The Balaban J connectivity index is 1.67. The maximum atomic E-state index is 12.9. The molecule has 1 saturated heterocycles. The minimum absolute atomic E-state index is 0.0584. The average Bonchev–Trinajstić information content (AvgIpc) is 3.20. The lowest BCUT2D eigenvalue weighted by Gasteiger charge is -2.18. The minimum Gasteiger partial charge on any atom is -0.327 e. The van der Waals surface area contributed by atoms with E-state index >= 15 is 0 Å². The molecule has 0 aromatic heterocycles. The van der Waals surface area contributed by atoms with E-state index in [-0.39, 0.29) is 28.0 Å². The molecular weight excluding hydrogens is 330 g/mol. The Kier molecular flexibility index (Phi) is 3.35. The van der Waals surface area contributed by atoms with Gasteiger partial charge in [0.05, 0.1) is 16.0 Å². The maximum Gasteiger partial charge on any atom is 0.261 e. The standard InChI is InChI=1S/C16H19N3O4S/c1-18-15(20)11-4-3-10(6-12(11)16(18)21)24(22,23)19-7-9-2-5-14(17)13(9)8-19/h3-4,6,9,13-14H,2,5,7-8,17H2,1H3. The van der Waals surface area contributed by atoms with Crippen molar-refractivity contribution in [1.82, 2.24) is 9.21 Å². The van der Waals surface area contributed by atoms with Crippen LogP contribution in [0.5, 0.6) is 0 Å². The fourth-order valence-corrected chi connectivity index (χ4v) is 5.67. The summed E-state index contributed by atoms with van der Waals surface area (Å²) in [6.07, 6.45) is 1.91. The topological polar surface area (TPSA) is 101 Å². The lowest BCUT2D eigenvalue weighted by Crippen LogP contribution is -2.33. The molecule has 2 fully saturated rings. The highest BCUT2D eigenvalue weighted by Gasteiger charge is 2.45. The molecular formula is C16H19N3O4S. The number of imide groups is 1. The Morgan fingerprint density at radius 2 is 1.79 bits per heavy atom. The summed E-state index contributed by atoms with van der Waals surface area (Å²) in [6.45, 7) is 0.905. The maximum absolute atomic E-state index is 12.9. The van der Waals surface area contributed by atoms with Gasteiger partial charge in [0.1, 0.15) is 0 Å². The number of fused-ring (bicyclic) bond motifs is 2. The Morgan fingerprint density at radius 1 is 1.08 bits per heavy atom. The molecule has 1 saturated carbocycles. The quantitative estimate of drug-likeness (QED) is 0.773. The van der Waals surface area contributed by atoms with Gasteiger partial charge >= 0.3 is 0 Å². The van der Waals surface area contributed by atoms with E-state index in [1.54, 1.807) is 0 Å². The van der Waals surface area contributed by atoms with Crippen LogP contribution in [-0.4, -0.2) is 55.6 Å². The number of sulfonamides is 1. The molecule has 4 rings (SSSR count). The van der Waals surface area contributed by atoms with Crippen LogP contribution in [0.25, 0.3) is 0 Å². The van der Waals surface area contributed by atoms with Crippen molar-refractivity contribution >= 4 is 21.8 Å². The van der Waals surface area contributed by atoms with Gasteiger partial charge in [0.25, 0.3) is 11.8 Å². The Bertz CT molecular complexity index is 851. The van der Waals surface area contributed by atoms with Crippen molar-refractivity contribution in [3.05, 3.63) is 29.3 Å². The molecule has 0 bridgehead atoms. The normalized spacial score (nSPS) is 30.1. The summed E-state index contributed by atoms with van der Waals surface area (Å²) in [6, 6.07) is 4.21. The zero-order valence-electron chi connectivity index (χ0n) is 13.3. The van der Waals surface area contributed by atoms with Gasteiger partial charge in [-0.1, -0.05) is 0 Å². The first-order valence-electron chi connectivity index (χ1n) is 8.03. The van der Waals surface area contributed by atoms with Crippen molar-refractivity contribution in [1.29, 1.82) is 0 Å². The zero-order valence-corrected chi connectivity index (χ0v) is 14.1. The van der Waals surface area contributed by atoms with Crippen LogP contribution in [0.3, 0.4) is 0 Å². The van der Waals surface area contributed by atoms with E-state index < -0.39 is 21.8 Å². The third-order valence-electron chi connectivity index (χ3n) is 5.58. The van der Waals surface area contributed by atoms with Crippen molar-refractivity contribution in [2.24, 2.45) is 17.6 Å². The molecule has 2 aliphatic heterocycles. The number of benzene rings is 1. The summed E-state index contributed by atoms with van der Waals surface area (Å²) in [7, 11) is -2.30. The summed E-state index contributed by atoms with van der Waals surface area (Å²) in [4.78, 5) is 25.1. The molecule has 8 heteroatoms. The van der Waals surface area contributed by atoms with Crippen LogP contribution in [0.4, 0.5) is 0 Å². The number of hydrogen-bond donors (Lipinski definition) is 1. The van der Waals surface area contributed by atoms with E-state index in [2.05, 4.69) is 0 Å². The number of amides is 2. The van der Waals surface area contributed by atoms with Crippen LogP contribution < -0.4 is 5.73 Å². The van der Waals surface area contributed by atoms with Gasteiger partial charge in [0, 0.05) is 26.2 Å². The molecule has 3 atom stereocenters. The van der Waals surface area contributed by atoms with E-state index in [0.717, 1.165) is 17.7 Å². The second kappa shape index (κ2) is 5.11. The monoisotopic (exact) mass is 349 g/mol. The second-order valence-electron chi connectivity index (χ2n) is 6.86. The minimum atomic E-state index is -3.69. The smallest absolute Gasteiger partial charge is 0.261 e. The highest BCUT2D eigenvalue weighted by molar-refractivity contribution is 7.89. The molecule has 1 aliphatic carbocycles. The Morgan fingerprint density at radius 3 is 2.50 bits per heavy atom. The lowest BCUT2D eigenvalue weighted by atomic mass is 9.98. The van der Waals surface area contributed by atoms with Crippen LogP contribution in [-0.2, 0) is 10.0 Å². The molecule has 3 aliphatic rings. The molecule has 24 heavy (non-hydrogen) atoms. The summed E-state index contributed by atoms with van der Waals surface area (Å²) >= 11 is 0. The van der Waals surface area contributed by atoms with Gasteiger partial charge in [-0.15, -0.1) is 0 Å². The SMILES string of the molecule is CN1C(=O)c2ccc(S(=O)(=O)N3CC4CCC(N)C4C3)cc2C1=O. The number of nitrogens with two attached hydrogens (primary N) is 1. The van der Waals surface area contributed by atoms with Crippen molar-refractivity contribution in [2.45, 2.75) is 23.8 Å². The molecule has 1 aromatic rings. The summed E-state index contributed by atoms with van der Waals surface area (Å²) in [5.41, 5.74) is 6.48. The van der Waals surface area contributed by atoms with Gasteiger partial charge < -0.3 is 5.73 Å². The first-order valence-corrected chi connectivity index (χ1v) is 9.47. The van der Waals surface area contributed by atoms with Crippen molar-refractivity contribution < 1.29 is 18.0 Å². The second-order valence-corrected chi connectivity index (χ2v) is 8.80.